The number of aliphatic carboxylic acids is 1. The highest BCUT2D eigenvalue weighted by Gasteiger charge is 2.44. The molecule has 0 radical (unpaired) electrons. The zero-order chi connectivity index (χ0) is 14.6. The topological polar surface area (TPSA) is 78.9 Å². The van der Waals surface area contributed by atoms with Gasteiger partial charge in [-0.2, -0.15) is 0 Å². The lowest BCUT2D eigenvalue weighted by atomic mass is 9.98. The van der Waals surface area contributed by atoms with Crippen LogP contribution in [-0.4, -0.2) is 47.2 Å². The van der Waals surface area contributed by atoms with Crippen molar-refractivity contribution in [2.24, 2.45) is 0 Å². The van der Waals surface area contributed by atoms with E-state index in [1.54, 1.807) is 0 Å². The molecular formula is C14H18N2O4. The molecule has 0 aromatic heterocycles. The van der Waals surface area contributed by atoms with Crippen LogP contribution in [0.1, 0.15) is 12.5 Å². The first kappa shape index (κ1) is 14.3. The highest BCUT2D eigenvalue weighted by molar-refractivity contribution is 5.84. The number of piperazine rings is 1. The molecule has 0 saturated carbocycles. The molecule has 1 heterocycles. The molecule has 0 aliphatic carbocycles. The second kappa shape index (κ2) is 5.92. The maximum Gasteiger partial charge on any atom is 0.411 e. The van der Waals surface area contributed by atoms with Gasteiger partial charge < -0.3 is 15.2 Å². The number of hydrogen-bond acceptors (Lipinski definition) is 4. The van der Waals surface area contributed by atoms with Gasteiger partial charge in [-0.05, 0) is 12.5 Å². The first-order valence-corrected chi connectivity index (χ1v) is 6.46. The van der Waals surface area contributed by atoms with Gasteiger partial charge in [0, 0.05) is 19.6 Å². The molecular weight excluding hydrogens is 260 g/mol. The summed E-state index contributed by atoms with van der Waals surface area (Å²) in [7, 11) is 0. The van der Waals surface area contributed by atoms with Gasteiger partial charge in [-0.25, -0.2) is 9.59 Å². The van der Waals surface area contributed by atoms with Gasteiger partial charge in [-0.15, -0.1) is 0 Å². The minimum absolute atomic E-state index is 0.138. The summed E-state index contributed by atoms with van der Waals surface area (Å²) in [6, 6.07) is 9.29. The molecule has 1 aliphatic heterocycles. The number of nitrogens with one attached hydrogen (secondary N) is 1. The lowest BCUT2D eigenvalue weighted by Gasteiger charge is -2.40. The smallest absolute Gasteiger partial charge is 0.411 e. The first-order valence-electron chi connectivity index (χ1n) is 6.46. The Morgan fingerprint density at radius 2 is 2.10 bits per heavy atom. The summed E-state index contributed by atoms with van der Waals surface area (Å²) in [5, 5.41) is 12.3. The Balaban J connectivity index is 2.02. The largest absolute Gasteiger partial charge is 0.479 e. The normalized spacial score (nSPS) is 22.4. The van der Waals surface area contributed by atoms with Crippen LogP contribution in [-0.2, 0) is 16.1 Å². The zero-order valence-electron chi connectivity index (χ0n) is 11.3. The van der Waals surface area contributed by atoms with E-state index in [4.69, 9.17) is 4.74 Å². The van der Waals surface area contributed by atoms with E-state index in [0.29, 0.717) is 13.1 Å². The zero-order valence-corrected chi connectivity index (χ0v) is 11.3. The summed E-state index contributed by atoms with van der Waals surface area (Å²) in [5.41, 5.74) is -0.403. The van der Waals surface area contributed by atoms with Crippen LogP contribution in [0.4, 0.5) is 4.79 Å². The number of nitrogens with zero attached hydrogens (tertiary/aromatic N) is 1. The number of carbonyl (C=O) groups excluding carboxylic acids is 1. The fraction of sp³-hybridized carbons (Fsp3) is 0.429. The van der Waals surface area contributed by atoms with Crippen molar-refractivity contribution in [2.45, 2.75) is 19.1 Å². The van der Waals surface area contributed by atoms with Gasteiger partial charge in [0.25, 0.3) is 0 Å². The molecule has 108 valence electrons. The maximum absolute atomic E-state index is 12.1. The minimum Gasteiger partial charge on any atom is -0.479 e. The molecule has 6 nitrogen and oxygen atoms in total. The van der Waals surface area contributed by atoms with Gasteiger partial charge in [-0.1, -0.05) is 30.3 Å². The number of carbonyl (C=O) groups is 2. The van der Waals surface area contributed by atoms with Crippen LogP contribution in [0, 0.1) is 0 Å². The van der Waals surface area contributed by atoms with Crippen LogP contribution in [0.15, 0.2) is 30.3 Å². The standard InChI is InChI=1S/C14H18N2O4/c1-14(12(17)18)10-15-7-8-16(14)13(19)20-9-11-5-3-2-4-6-11/h2-6,15H,7-10H2,1H3,(H,17,18). The molecule has 0 bridgehead atoms. The summed E-state index contributed by atoms with van der Waals surface area (Å²) in [5.74, 6) is -1.04. The molecule has 1 aliphatic rings. The van der Waals surface area contributed by atoms with Crippen LogP contribution in [0.3, 0.4) is 0 Å². The van der Waals surface area contributed by atoms with Gasteiger partial charge in [0.05, 0.1) is 0 Å². The average molecular weight is 278 g/mol. The number of rotatable bonds is 3. The van der Waals surface area contributed by atoms with Gasteiger partial charge in [0.15, 0.2) is 5.54 Å². The molecule has 1 fully saturated rings. The van der Waals surface area contributed by atoms with E-state index >= 15 is 0 Å². The number of amides is 1. The van der Waals surface area contributed by atoms with Crippen LogP contribution in [0.2, 0.25) is 0 Å². The first-order chi connectivity index (χ1) is 9.54. The van der Waals surface area contributed by atoms with E-state index in [1.165, 1.54) is 11.8 Å². The van der Waals surface area contributed by atoms with Crippen molar-refractivity contribution in [3.8, 4) is 0 Å². The van der Waals surface area contributed by atoms with E-state index in [1.807, 2.05) is 30.3 Å². The number of carboxylic acids is 1. The third-order valence-corrected chi connectivity index (χ3v) is 3.46. The molecule has 20 heavy (non-hydrogen) atoms. The van der Waals surface area contributed by atoms with Crippen molar-refractivity contribution in [2.75, 3.05) is 19.6 Å². The second-order valence-corrected chi connectivity index (χ2v) is 4.95. The fourth-order valence-electron chi connectivity index (χ4n) is 2.15. The second-order valence-electron chi connectivity index (χ2n) is 4.95. The highest BCUT2D eigenvalue weighted by atomic mass is 16.6. The van der Waals surface area contributed by atoms with Crippen LogP contribution in [0.5, 0.6) is 0 Å². The minimum atomic E-state index is -1.27. The lowest BCUT2D eigenvalue weighted by Crippen LogP contribution is -2.65. The van der Waals surface area contributed by atoms with Gasteiger partial charge in [0.2, 0.25) is 0 Å². The summed E-state index contributed by atoms with van der Waals surface area (Å²) >= 11 is 0. The Kier molecular flexibility index (Phi) is 4.24. The van der Waals surface area contributed by atoms with Crippen molar-refractivity contribution >= 4 is 12.1 Å². The molecule has 1 aromatic carbocycles. The van der Waals surface area contributed by atoms with Crippen molar-refractivity contribution in [3.63, 3.8) is 0 Å². The van der Waals surface area contributed by atoms with Crippen molar-refractivity contribution in [3.05, 3.63) is 35.9 Å². The lowest BCUT2D eigenvalue weighted by molar-refractivity contribution is -0.150. The summed E-state index contributed by atoms with van der Waals surface area (Å²) in [4.78, 5) is 24.8. The van der Waals surface area contributed by atoms with E-state index in [-0.39, 0.29) is 13.2 Å². The SMILES string of the molecule is CC1(C(=O)O)CNCCN1C(=O)OCc1ccccc1. The van der Waals surface area contributed by atoms with Gasteiger partial charge in [0.1, 0.15) is 6.61 Å². The monoisotopic (exact) mass is 278 g/mol. The Labute approximate surface area is 117 Å². The van der Waals surface area contributed by atoms with Gasteiger partial charge in [-0.3, -0.25) is 4.90 Å². The number of hydrogen-bond donors (Lipinski definition) is 2. The van der Waals surface area contributed by atoms with E-state index in [2.05, 4.69) is 5.32 Å². The molecule has 6 heteroatoms. The highest BCUT2D eigenvalue weighted by Crippen LogP contribution is 2.19. The maximum atomic E-state index is 12.1. The number of carboxylic acid groups (broad SMARTS) is 1. The third kappa shape index (κ3) is 2.91. The van der Waals surface area contributed by atoms with Crippen molar-refractivity contribution < 1.29 is 19.4 Å². The predicted molar refractivity (Wildman–Crippen MR) is 72.2 cm³/mol. The molecule has 1 aromatic rings. The predicted octanol–water partition coefficient (Wildman–Crippen LogP) is 1.07. The van der Waals surface area contributed by atoms with Crippen LogP contribution in [0.25, 0.3) is 0 Å². The van der Waals surface area contributed by atoms with Gasteiger partial charge >= 0.3 is 12.1 Å². The quantitative estimate of drug-likeness (QED) is 0.864. The molecule has 1 unspecified atom stereocenters. The molecule has 0 spiro atoms. The molecule has 2 N–H and O–H groups in total. The molecule has 1 amide bonds. The molecule has 1 saturated heterocycles. The van der Waals surface area contributed by atoms with Crippen molar-refractivity contribution in [1.82, 2.24) is 10.2 Å². The average Bonchev–Trinajstić information content (AvgIpc) is 2.46. The Hall–Kier alpha value is -2.08. The summed E-state index contributed by atoms with van der Waals surface area (Å²) in [6.07, 6.45) is -0.597. The van der Waals surface area contributed by atoms with Crippen LogP contribution >= 0.6 is 0 Å². The molecule has 2 rings (SSSR count). The molecule has 1 atom stereocenters. The van der Waals surface area contributed by atoms with Crippen molar-refractivity contribution in [1.29, 1.82) is 0 Å². The summed E-state index contributed by atoms with van der Waals surface area (Å²) in [6.45, 7) is 2.74. The third-order valence-electron chi connectivity index (χ3n) is 3.46. The fourth-order valence-corrected chi connectivity index (χ4v) is 2.15. The number of benzene rings is 1. The Morgan fingerprint density at radius 3 is 2.75 bits per heavy atom. The summed E-state index contributed by atoms with van der Waals surface area (Å²) < 4.78 is 5.21. The van der Waals surface area contributed by atoms with E-state index < -0.39 is 17.6 Å². The van der Waals surface area contributed by atoms with E-state index in [0.717, 1.165) is 5.56 Å². The Morgan fingerprint density at radius 1 is 1.40 bits per heavy atom. The van der Waals surface area contributed by atoms with E-state index in [9.17, 15) is 14.7 Å². The number of ether oxygens (including phenoxy) is 1. The van der Waals surface area contributed by atoms with Crippen LogP contribution < -0.4 is 5.32 Å². The Bertz CT molecular complexity index is 491.